The number of hydrogen-bond donors (Lipinski definition) is 2. The van der Waals surface area contributed by atoms with Gasteiger partial charge in [-0.15, -0.1) is 11.3 Å². The lowest BCUT2D eigenvalue weighted by Crippen LogP contribution is -2.14. The fraction of sp³-hybridized carbons (Fsp3) is 0.278. The average molecular weight is 373 g/mol. The third-order valence-electron chi connectivity index (χ3n) is 3.78. The number of nitrogen functional groups attached to an aromatic ring is 1. The molecule has 3 N–H and O–H groups in total. The van der Waals surface area contributed by atoms with Gasteiger partial charge in [-0.1, -0.05) is 44.2 Å². The van der Waals surface area contributed by atoms with Gasteiger partial charge in [0, 0.05) is 10.9 Å². The lowest BCUT2D eigenvalue weighted by atomic mass is 9.87. The van der Waals surface area contributed by atoms with Gasteiger partial charge in [0.25, 0.3) is 5.91 Å². The van der Waals surface area contributed by atoms with Crippen LogP contribution in [0.3, 0.4) is 0 Å². The van der Waals surface area contributed by atoms with Crippen molar-refractivity contribution >= 4 is 38.8 Å². The van der Waals surface area contributed by atoms with Crippen molar-refractivity contribution < 1.29 is 4.79 Å². The molecule has 1 aromatic carbocycles. The van der Waals surface area contributed by atoms with Gasteiger partial charge in [0.15, 0.2) is 10.3 Å². The summed E-state index contributed by atoms with van der Waals surface area (Å²) in [4.78, 5) is 22.1. The van der Waals surface area contributed by atoms with Crippen molar-refractivity contribution in [3.05, 3.63) is 46.5 Å². The van der Waals surface area contributed by atoms with E-state index in [1.54, 1.807) is 0 Å². The highest BCUT2D eigenvalue weighted by molar-refractivity contribution is 7.19. The number of aryl methyl sites for hydroxylation is 1. The minimum absolute atomic E-state index is 0.0612. The lowest BCUT2D eigenvalue weighted by molar-refractivity contribution is 0.102. The second-order valence-corrected chi connectivity index (χ2v) is 8.67. The number of carbonyl (C=O) groups excluding carboxylic acids is 1. The summed E-state index contributed by atoms with van der Waals surface area (Å²) < 4.78 is 0. The van der Waals surface area contributed by atoms with E-state index in [1.165, 1.54) is 28.2 Å². The average Bonchev–Trinajstić information content (AvgIpc) is 3.12. The van der Waals surface area contributed by atoms with Gasteiger partial charge in [0.05, 0.1) is 16.3 Å². The first kappa shape index (κ1) is 17.6. The van der Waals surface area contributed by atoms with Crippen molar-refractivity contribution in [1.29, 1.82) is 0 Å². The molecule has 3 rings (SSSR count). The molecular weight excluding hydrogens is 352 g/mol. The van der Waals surface area contributed by atoms with Gasteiger partial charge in [-0.25, -0.2) is 9.97 Å². The third-order valence-corrected chi connectivity index (χ3v) is 5.55. The standard InChI is InChI=1S/C18H20N4OS2/c1-10-14(13-9-24-16(19)21-13)25-17(20-10)22-15(23)11-5-7-12(8-6-11)18(2,3)4/h5-9H,1-4H3,(H2,19,21)(H,20,22,23). The Morgan fingerprint density at radius 1 is 1.16 bits per heavy atom. The zero-order chi connectivity index (χ0) is 18.2. The Hall–Kier alpha value is -2.25. The number of anilines is 2. The molecule has 0 aliphatic heterocycles. The molecule has 3 aromatic rings. The Labute approximate surface area is 155 Å². The van der Waals surface area contributed by atoms with Gasteiger partial charge in [-0.05, 0) is 30.0 Å². The molecule has 0 atom stereocenters. The molecule has 0 unspecified atom stereocenters. The minimum Gasteiger partial charge on any atom is -0.375 e. The number of aromatic nitrogens is 2. The number of hydrogen-bond acceptors (Lipinski definition) is 6. The zero-order valence-corrected chi connectivity index (χ0v) is 16.2. The van der Waals surface area contributed by atoms with E-state index in [2.05, 4.69) is 36.1 Å². The maximum Gasteiger partial charge on any atom is 0.257 e. The Kier molecular flexibility index (Phi) is 4.62. The van der Waals surface area contributed by atoms with Crippen LogP contribution in [-0.2, 0) is 5.41 Å². The molecule has 0 aliphatic rings. The van der Waals surface area contributed by atoms with Crippen LogP contribution in [0.25, 0.3) is 10.6 Å². The van der Waals surface area contributed by atoms with E-state index < -0.39 is 0 Å². The molecule has 0 bridgehead atoms. The highest BCUT2D eigenvalue weighted by Gasteiger charge is 2.17. The SMILES string of the molecule is Cc1nc(NC(=O)c2ccc(C(C)(C)C)cc2)sc1-c1csc(N)n1. The summed E-state index contributed by atoms with van der Waals surface area (Å²) in [6.07, 6.45) is 0. The molecule has 1 amide bonds. The molecule has 0 saturated carbocycles. The van der Waals surface area contributed by atoms with Crippen LogP contribution in [0.1, 0.15) is 42.4 Å². The van der Waals surface area contributed by atoms with Gasteiger partial charge >= 0.3 is 0 Å². The fourth-order valence-corrected chi connectivity index (χ4v) is 3.92. The van der Waals surface area contributed by atoms with E-state index in [0.29, 0.717) is 15.8 Å². The summed E-state index contributed by atoms with van der Waals surface area (Å²) in [5.41, 5.74) is 9.19. The Bertz CT molecular complexity index is 904. The zero-order valence-electron chi connectivity index (χ0n) is 14.6. The minimum atomic E-state index is -0.168. The van der Waals surface area contributed by atoms with Gasteiger partial charge in [-0.2, -0.15) is 0 Å². The Morgan fingerprint density at radius 3 is 2.40 bits per heavy atom. The summed E-state index contributed by atoms with van der Waals surface area (Å²) in [6, 6.07) is 7.67. The molecule has 130 valence electrons. The molecule has 0 saturated heterocycles. The molecule has 0 fully saturated rings. The molecule has 0 spiro atoms. The number of nitrogens with two attached hydrogens (primary N) is 1. The molecule has 2 aromatic heterocycles. The first-order valence-corrected chi connectivity index (χ1v) is 9.54. The number of nitrogens with one attached hydrogen (secondary N) is 1. The van der Waals surface area contributed by atoms with E-state index >= 15 is 0 Å². The molecule has 5 nitrogen and oxygen atoms in total. The number of nitrogens with zero attached hydrogens (tertiary/aromatic N) is 2. The van der Waals surface area contributed by atoms with E-state index in [1.807, 2.05) is 36.6 Å². The first-order chi connectivity index (χ1) is 11.7. The van der Waals surface area contributed by atoms with Crippen LogP contribution in [0.5, 0.6) is 0 Å². The van der Waals surface area contributed by atoms with Gasteiger partial charge < -0.3 is 5.73 Å². The summed E-state index contributed by atoms with van der Waals surface area (Å²) >= 11 is 2.79. The van der Waals surface area contributed by atoms with Crippen molar-refractivity contribution in [2.75, 3.05) is 11.1 Å². The normalized spacial score (nSPS) is 11.5. The third kappa shape index (κ3) is 3.88. The summed E-state index contributed by atoms with van der Waals surface area (Å²) in [5, 5.41) is 5.84. The topological polar surface area (TPSA) is 80.9 Å². The van der Waals surface area contributed by atoms with Crippen LogP contribution in [0.15, 0.2) is 29.6 Å². The monoisotopic (exact) mass is 372 g/mol. The molecule has 0 aliphatic carbocycles. The molecule has 2 heterocycles. The lowest BCUT2D eigenvalue weighted by Gasteiger charge is -2.18. The smallest absolute Gasteiger partial charge is 0.257 e. The Morgan fingerprint density at radius 2 is 1.84 bits per heavy atom. The second kappa shape index (κ2) is 6.57. The van der Waals surface area contributed by atoms with E-state index in [0.717, 1.165) is 16.3 Å². The number of rotatable bonds is 3. The number of benzene rings is 1. The van der Waals surface area contributed by atoms with Gasteiger partial charge in [0.1, 0.15) is 0 Å². The quantitative estimate of drug-likeness (QED) is 0.698. The van der Waals surface area contributed by atoms with E-state index in [9.17, 15) is 4.79 Å². The first-order valence-electron chi connectivity index (χ1n) is 7.85. The summed E-state index contributed by atoms with van der Waals surface area (Å²) in [7, 11) is 0. The number of amides is 1. The molecule has 0 radical (unpaired) electrons. The molecular formula is C18H20N4OS2. The highest BCUT2D eigenvalue weighted by Crippen LogP contribution is 2.34. The van der Waals surface area contributed by atoms with Crippen LogP contribution in [-0.4, -0.2) is 15.9 Å². The predicted molar refractivity (Wildman–Crippen MR) is 105 cm³/mol. The Balaban J connectivity index is 1.77. The van der Waals surface area contributed by atoms with Crippen LogP contribution in [0.4, 0.5) is 10.3 Å². The van der Waals surface area contributed by atoms with Crippen molar-refractivity contribution in [2.24, 2.45) is 0 Å². The molecule has 7 heteroatoms. The van der Waals surface area contributed by atoms with E-state index in [4.69, 9.17) is 5.73 Å². The molecule has 25 heavy (non-hydrogen) atoms. The van der Waals surface area contributed by atoms with Crippen LogP contribution < -0.4 is 11.1 Å². The highest BCUT2D eigenvalue weighted by atomic mass is 32.1. The van der Waals surface area contributed by atoms with Crippen molar-refractivity contribution in [1.82, 2.24) is 9.97 Å². The number of thiazole rings is 2. The van der Waals surface area contributed by atoms with Crippen molar-refractivity contribution in [3.8, 4) is 10.6 Å². The largest absolute Gasteiger partial charge is 0.375 e. The number of carbonyl (C=O) groups is 1. The van der Waals surface area contributed by atoms with Gasteiger partial charge in [0.2, 0.25) is 0 Å². The van der Waals surface area contributed by atoms with Gasteiger partial charge in [-0.3, -0.25) is 10.1 Å². The maximum atomic E-state index is 12.5. The summed E-state index contributed by atoms with van der Waals surface area (Å²) in [6.45, 7) is 8.34. The van der Waals surface area contributed by atoms with Crippen molar-refractivity contribution in [2.45, 2.75) is 33.1 Å². The maximum absolute atomic E-state index is 12.5. The van der Waals surface area contributed by atoms with Crippen LogP contribution >= 0.6 is 22.7 Å². The fourth-order valence-electron chi connectivity index (χ4n) is 2.37. The summed E-state index contributed by atoms with van der Waals surface area (Å²) in [5.74, 6) is -0.168. The van der Waals surface area contributed by atoms with Crippen LogP contribution in [0, 0.1) is 6.92 Å². The van der Waals surface area contributed by atoms with Crippen LogP contribution in [0.2, 0.25) is 0 Å². The second-order valence-electron chi connectivity index (χ2n) is 6.79. The van der Waals surface area contributed by atoms with E-state index in [-0.39, 0.29) is 11.3 Å². The van der Waals surface area contributed by atoms with Crippen molar-refractivity contribution in [3.63, 3.8) is 0 Å². The predicted octanol–water partition coefficient (Wildman–Crippen LogP) is 4.71.